The fourth-order valence-corrected chi connectivity index (χ4v) is 1.43. The number of nitrogens with two attached hydrogens (primary N) is 1. The highest BCUT2D eigenvalue weighted by molar-refractivity contribution is 5.51. The molecule has 0 aliphatic heterocycles. The van der Waals surface area contributed by atoms with E-state index in [1.54, 1.807) is 24.3 Å². The molecule has 0 unspecified atom stereocenters. The Morgan fingerprint density at radius 3 is 2.79 bits per heavy atom. The number of hydrogen-bond donors (Lipinski definition) is 2. The molecule has 2 heterocycles. The molecule has 0 aliphatic carbocycles. The molecule has 2 rings (SSSR count). The van der Waals surface area contributed by atoms with Crippen LogP contribution in [0.2, 0.25) is 0 Å². The predicted octanol–water partition coefficient (Wildman–Crippen LogP) is 0.464. The van der Waals surface area contributed by atoms with E-state index in [2.05, 4.69) is 0 Å². The van der Waals surface area contributed by atoms with Gasteiger partial charge in [-0.15, -0.1) is 0 Å². The van der Waals surface area contributed by atoms with Gasteiger partial charge >= 0.3 is 0 Å². The van der Waals surface area contributed by atoms with Crippen molar-refractivity contribution in [3.8, 4) is 5.88 Å². The molecule has 72 valence electrons. The number of aromatic hydroxyl groups is 1. The molecule has 0 atom stereocenters. The van der Waals surface area contributed by atoms with Crippen molar-refractivity contribution in [2.45, 2.75) is 6.54 Å². The average Bonchev–Trinajstić information content (AvgIpc) is 2.18. The largest absolute Gasteiger partial charge is 0.494 e. The van der Waals surface area contributed by atoms with Gasteiger partial charge < -0.3 is 10.8 Å². The second kappa shape index (κ2) is 3.16. The molecule has 0 saturated carbocycles. The molecule has 0 aromatic carbocycles. The normalized spacial score (nSPS) is 10.6. The third-order valence-electron chi connectivity index (χ3n) is 2.16. The standard InChI is InChI=1S/C10H10N2O2/c11-6-7-4-5-8-2-1-3-9(13)12(8)10(7)14/h1-5,14H,6,11H2. The van der Waals surface area contributed by atoms with Crippen LogP contribution in [0.3, 0.4) is 0 Å². The second-order valence-corrected chi connectivity index (χ2v) is 3.01. The van der Waals surface area contributed by atoms with Gasteiger partial charge in [-0.2, -0.15) is 0 Å². The first-order chi connectivity index (χ1) is 6.74. The minimum atomic E-state index is -0.254. The quantitative estimate of drug-likeness (QED) is 0.686. The third kappa shape index (κ3) is 1.16. The number of hydrogen-bond acceptors (Lipinski definition) is 3. The van der Waals surface area contributed by atoms with Crippen LogP contribution in [0, 0.1) is 0 Å². The van der Waals surface area contributed by atoms with E-state index in [4.69, 9.17) is 5.73 Å². The van der Waals surface area contributed by atoms with Gasteiger partial charge in [-0.1, -0.05) is 12.1 Å². The topological polar surface area (TPSA) is 67.7 Å². The average molecular weight is 190 g/mol. The monoisotopic (exact) mass is 190 g/mol. The highest BCUT2D eigenvalue weighted by Crippen LogP contribution is 2.16. The summed E-state index contributed by atoms with van der Waals surface area (Å²) in [4.78, 5) is 11.4. The summed E-state index contributed by atoms with van der Waals surface area (Å²) >= 11 is 0. The molecule has 0 spiro atoms. The van der Waals surface area contributed by atoms with Crippen LogP contribution in [0.4, 0.5) is 0 Å². The van der Waals surface area contributed by atoms with Gasteiger partial charge in [-0.05, 0) is 12.1 Å². The van der Waals surface area contributed by atoms with Crippen molar-refractivity contribution >= 4 is 5.52 Å². The second-order valence-electron chi connectivity index (χ2n) is 3.01. The summed E-state index contributed by atoms with van der Waals surface area (Å²) < 4.78 is 1.24. The summed E-state index contributed by atoms with van der Waals surface area (Å²) in [6.07, 6.45) is 0. The molecule has 0 radical (unpaired) electrons. The van der Waals surface area contributed by atoms with E-state index < -0.39 is 0 Å². The van der Waals surface area contributed by atoms with E-state index in [0.29, 0.717) is 11.1 Å². The van der Waals surface area contributed by atoms with Crippen LogP contribution in [0.15, 0.2) is 35.1 Å². The first kappa shape index (κ1) is 8.77. The Kier molecular flexibility index (Phi) is 1.98. The minimum absolute atomic E-state index is 0.0735. The van der Waals surface area contributed by atoms with Crippen LogP contribution in [-0.2, 0) is 6.54 Å². The number of fused-ring (bicyclic) bond motifs is 1. The Morgan fingerprint density at radius 2 is 2.07 bits per heavy atom. The highest BCUT2D eigenvalue weighted by atomic mass is 16.3. The van der Waals surface area contributed by atoms with E-state index in [-0.39, 0.29) is 18.0 Å². The molecule has 2 aromatic heterocycles. The van der Waals surface area contributed by atoms with Gasteiger partial charge in [0, 0.05) is 18.2 Å². The predicted molar refractivity (Wildman–Crippen MR) is 53.2 cm³/mol. The molecule has 0 saturated heterocycles. The maximum absolute atomic E-state index is 11.4. The molecule has 0 fully saturated rings. The molecule has 0 amide bonds. The Labute approximate surface area is 80.2 Å². The zero-order chi connectivity index (χ0) is 10.1. The minimum Gasteiger partial charge on any atom is -0.494 e. The van der Waals surface area contributed by atoms with Crippen LogP contribution in [0.1, 0.15) is 5.56 Å². The molecular formula is C10H10N2O2. The molecule has 2 aromatic rings. The van der Waals surface area contributed by atoms with Gasteiger partial charge in [-0.25, -0.2) is 4.40 Å². The van der Waals surface area contributed by atoms with Crippen molar-refractivity contribution in [1.29, 1.82) is 0 Å². The van der Waals surface area contributed by atoms with Crippen molar-refractivity contribution in [2.24, 2.45) is 5.73 Å². The number of aromatic nitrogens is 1. The smallest absolute Gasteiger partial charge is 0.257 e. The van der Waals surface area contributed by atoms with E-state index in [0.717, 1.165) is 0 Å². The maximum Gasteiger partial charge on any atom is 0.257 e. The molecule has 0 aliphatic rings. The lowest BCUT2D eigenvalue weighted by Gasteiger charge is -2.06. The lowest BCUT2D eigenvalue weighted by molar-refractivity contribution is 0.436. The van der Waals surface area contributed by atoms with Gasteiger partial charge in [0.2, 0.25) is 5.88 Å². The molecule has 0 bridgehead atoms. The van der Waals surface area contributed by atoms with Crippen LogP contribution in [0.25, 0.3) is 5.52 Å². The lowest BCUT2D eigenvalue weighted by atomic mass is 10.2. The van der Waals surface area contributed by atoms with Gasteiger partial charge in [0.15, 0.2) is 0 Å². The molecule has 14 heavy (non-hydrogen) atoms. The van der Waals surface area contributed by atoms with E-state index in [9.17, 15) is 9.90 Å². The fraction of sp³-hybridized carbons (Fsp3) is 0.100. The Morgan fingerprint density at radius 1 is 1.29 bits per heavy atom. The van der Waals surface area contributed by atoms with Gasteiger partial charge in [0.05, 0.1) is 5.52 Å². The maximum atomic E-state index is 11.4. The van der Waals surface area contributed by atoms with Gasteiger partial charge in [-0.3, -0.25) is 4.79 Å². The summed E-state index contributed by atoms with van der Waals surface area (Å²) in [6.45, 7) is 0.211. The number of pyridine rings is 2. The van der Waals surface area contributed by atoms with Crippen LogP contribution < -0.4 is 11.3 Å². The molecular weight excluding hydrogens is 180 g/mol. The van der Waals surface area contributed by atoms with E-state index in [1.165, 1.54) is 10.5 Å². The summed E-state index contributed by atoms with van der Waals surface area (Å²) in [5.41, 5.74) is 6.38. The Bertz CT molecular complexity index is 531. The first-order valence-corrected chi connectivity index (χ1v) is 4.27. The van der Waals surface area contributed by atoms with Crippen molar-refractivity contribution in [2.75, 3.05) is 0 Å². The highest BCUT2D eigenvalue weighted by Gasteiger charge is 2.05. The van der Waals surface area contributed by atoms with Crippen molar-refractivity contribution in [3.05, 3.63) is 46.2 Å². The summed E-state index contributed by atoms with van der Waals surface area (Å²) in [6, 6.07) is 8.26. The SMILES string of the molecule is NCc1ccc2cccc(=O)n2c1O. The molecule has 4 nitrogen and oxygen atoms in total. The van der Waals surface area contributed by atoms with Crippen molar-refractivity contribution < 1.29 is 5.11 Å². The Balaban J connectivity index is 2.94. The van der Waals surface area contributed by atoms with Gasteiger partial charge in [0.1, 0.15) is 0 Å². The van der Waals surface area contributed by atoms with Crippen LogP contribution in [0.5, 0.6) is 5.88 Å². The first-order valence-electron chi connectivity index (χ1n) is 4.27. The van der Waals surface area contributed by atoms with Gasteiger partial charge in [0.25, 0.3) is 5.56 Å². The summed E-state index contributed by atoms with van der Waals surface area (Å²) in [5, 5.41) is 9.71. The number of nitrogens with zero attached hydrogens (tertiary/aromatic N) is 1. The van der Waals surface area contributed by atoms with Crippen molar-refractivity contribution in [1.82, 2.24) is 4.40 Å². The zero-order valence-corrected chi connectivity index (χ0v) is 7.47. The molecule has 3 N–H and O–H groups in total. The van der Waals surface area contributed by atoms with E-state index in [1.807, 2.05) is 0 Å². The summed E-state index contributed by atoms with van der Waals surface area (Å²) in [5.74, 6) is -0.0735. The zero-order valence-electron chi connectivity index (χ0n) is 7.47. The third-order valence-corrected chi connectivity index (χ3v) is 2.16. The Hall–Kier alpha value is -1.81. The fourth-order valence-electron chi connectivity index (χ4n) is 1.43. The van der Waals surface area contributed by atoms with E-state index >= 15 is 0 Å². The van der Waals surface area contributed by atoms with Crippen LogP contribution in [-0.4, -0.2) is 9.51 Å². The molecule has 4 heteroatoms. The lowest BCUT2D eigenvalue weighted by Crippen LogP contribution is -2.13. The van der Waals surface area contributed by atoms with Crippen LogP contribution >= 0.6 is 0 Å². The summed E-state index contributed by atoms with van der Waals surface area (Å²) in [7, 11) is 0. The van der Waals surface area contributed by atoms with Crippen molar-refractivity contribution in [3.63, 3.8) is 0 Å². The number of rotatable bonds is 1.